The van der Waals surface area contributed by atoms with E-state index in [2.05, 4.69) is 47.0 Å². The highest BCUT2D eigenvalue weighted by atomic mass is 16.5. The molecule has 0 atom stereocenters. The number of aromatic nitrogens is 1. The number of hydrogen-bond acceptors (Lipinski definition) is 6. The molecule has 6 heteroatoms. The first-order valence-corrected chi connectivity index (χ1v) is 9.74. The van der Waals surface area contributed by atoms with Crippen LogP contribution in [0.1, 0.15) is 38.2 Å². The highest BCUT2D eigenvalue weighted by Crippen LogP contribution is 2.33. The van der Waals surface area contributed by atoms with E-state index in [0.717, 1.165) is 73.4 Å². The third-order valence-electron chi connectivity index (χ3n) is 4.26. The monoisotopic (exact) mass is 372 g/mol. The highest BCUT2D eigenvalue weighted by Gasteiger charge is 2.10. The van der Waals surface area contributed by atoms with Gasteiger partial charge in [-0.3, -0.25) is 0 Å². The van der Waals surface area contributed by atoms with Crippen LogP contribution in [0.2, 0.25) is 0 Å². The van der Waals surface area contributed by atoms with Crippen molar-refractivity contribution >= 4 is 17.5 Å². The molecule has 1 aromatic carbocycles. The molecule has 148 valence electrons. The van der Waals surface area contributed by atoms with Gasteiger partial charge in [-0.1, -0.05) is 30.7 Å². The maximum atomic E-state index is 5.68. The Bertz CT molecular complexity index is 684. The van der Waals surface area contributed by atoms with Gasteiger partial charge in [0, 0.05) is 42.7 Å². The molecule has 0 spiro atoms. The first kappa shape index (κ1) is 21.0. The third kappa shape index (κ3) is 6.73. The molecule has 0 saturated carbocycles. The Kier molecular flexibility index (Phi) is 9.44. The molecule has 0 radical (unpaired) electrons. The van der Waals surface area contributed by atoms with Crippen molar-refractivity contribution in [3.05, 3.63) is 36.2 Å². The molecular weight excluding hydrogens is 340 g/mol. The lowest BCUT2D eigenvalue weighted by molar-refractivity contribution is 0.140. The van der Waals surface area contributed by atoms with Gasteiger partial charge < -0.3 is 25.6 Å². The molecule has 2 rings (SSSR count). The van der Waals surface area contributed by atoms with E-state index in [9.17, 15) is 0 Å². The van der Waals surface area contributed by atoms with E-state index in [1.807, 2.05) is 7.05 Å². The van der Waals surface area contributed by atoms with Crippen LogP contribution in [0.4, 0.5) is 11.4 Å². The van der Waals surface area contributed by atoms with E-state index in [4.69, 9.17) is 15.0 Å². The van der Waals surface area contributed by atoms with E-state index in [1.165, 1.54) is 0 Å². The SMILES string of the molecule is CCC/C=C/c1c(NC)cc(-c2cnoc2)cc1NCCOCCCCN. The molecular formula is C21H32N4O2. The van der Waals surface area contributed by atoms with Gasteiger partial charge in [0.15, 0.2) is 0 Å². The van der Waals surface area contributed by atoms with Gasteiger partial charge in [-0.25, -0.2) is 0 Å². The molecule has 1 aromatic heterocycles. The molecule has 0 aliphatic heterocycles. The van der Waals surface area contributed by atoms with E-state index in [-0.39, 0.29) is 0 Å². The quantitative estimate of drug-likeness (QED) is 0.453. The number of benzene rings is 1. The van der Waals surface area contributed by atoms with Crippen molar-refractivity contribution in [3.8, 4) is 11.1 Å². The number of nitrogens with two attached hydrogens (primary N) is 1. The van der Waals surface area contributed by atoms with Crippen molar-refractivity contribution in [2.75, 3.05) is 44.0 Å². The van der Waals surface area contributed by atoms with Crippen LogP contribution in [0.3, 0.4) is 0 Å². The smallest absolute Gasteiger partial charge is 0.131 e. The second kappa shape index (κ2) is 12.1. The Morgan fingerprint density at radius 1 is 1.19 bits per heavy atom. The Balaban J connectivity index is 2.13. The molecule has 1 heterocycles. The molecule has 0 unspecified atom stereocenters. The summed E-state index contributed by atoms with van der Waals surface area (Å²) in [5.74, 6) is 0. The van der Waals surface area contributed by atoms with E-state index >= 15 is 0 Å². The first-order chi connectivity index (χ1) is 13.3. The lowest BCUT2D eigenvalue weighted by Gasteiger charge is -2.16. The Hall–Kier alpha value is -2.31. The van der Waals surface area contributed by atoms with Gasteiger partial charge in [0.05, 0.1) is 12.8 Å². The Labute approximate surface area is 162 Å². The second-order valence-electron chi connectivity index (χ2n) is 6.37. The van der Waals surface area contributed by atoms with Crippen LogP contribution in [-0.4, -0.2) is 38.5 Å². The van der Waals surface area contributed by atoms with Crippen LogP contribution in [0.25, 0.3) is 17.2 Å². The number of nitrogens with zero attached hydrogens (tertiary/aromatic N) is 1. The summed E-state index contributed by atoms with van der Waals surface area (Å²) in [5, 5.41) is 10.6. The van der Waals surface area contributed by atoms with Gasteiger partial charge in [-0.15, -0.1) is 0 Å². The minimum atomic E-state index is 0.662. The number of hydrogen-bond donors (Lipinski definition) is 3. The topological polar surface area (TPSA) is 85.3 Å². The van der Waals surface area contributed by atoms with Gasteiger partial charge in [-0.2, -0.15) is 0 Å². The highest BCUT2D eigenvalue weighted by molar-refractivity contribution is 5.84. The van der Waals surface area contributed by atoms with Crippen molar-refractivity contribution in [1.29, 1.82) is 0 Å². The normalized spacial score (nSPS) is 11.2. The number of ether oxygens (including phenoxy) is 1. The number of nitrogens with one attached hydrogen (secondary N) is 2. The average molecular weight is 373 g/mol. The first-order valence-electron chi connectivity index (χ1n) is 9.74. The molecule has 0 amide bonds. The van der Waals surface area contributed by atoms with Gasteiger partial charge in [0.1, 0.15) is 6.26 Å². The van der Waals surface area contributed by atoms with Crippen LogP contribution in [0, 0.1) is 0 Å². The fourth-order valence-corrected chi connectivity index (χ4v) is 2.78. The Morgan fingerprint density at radius 2 is 2.04 bits per heavy atom. The number of anilines is 2. The predicted octanol–water partition coefficient (Wildman–Crippen LogP) is 4.36. The van der Waals surface area contributed by atoms with Crippen LogP contribution in [-0.2, 0) is 4.74 Å². The minimum absolute atomic E-state index is 0.662. The summed E-state index contributed by atoms with van der Waals surface area (Å²) in [6.07, 6.45) is 12.0. The van der Waals surface area contributed by atoms with Crippen molar-refractivity contribution in [2.24, 2.45) is 5.73 Å². The van der Waals surface area contributed by atoms with Gasteiger partial charge in [0.25, 0.3) is 0 Å². The summed E-state index contributed by atoms with van der Waals surface area (Å²) in [4.78, 5) is 0. The number of rotatable bonds is 13. The predicted molar refractivity (Wildman–Crippen MR) is 113 cm³/mol. The Morgan fingerprint density at radius 3 is 2.74 bits per heavy atom. The molecule has 0 saturated heterocycles. The molecule has 0 bridgehead atoms. The average Bonchev–Trinajstić information content (AvgIpc) is 3.22. The molecule has 4 N–H and O–H groups in total. The third-order valence-corrected chi connectivity index (χ3v) is 4.26. The summed E-state index contributed by atoms with van der Waals surface area (Å²) in [6.45, 7) is 5.06. The fraction of sp³-hybridized carbons (Fsp3) is 0.476. The number of allylic oxidation sites excluding steroid dienone is 1. The van der Waals surface area contributed by atoms with Crippen molar-refractivity contribution < 1.29 is 9.26 Å². The second-order valence-corrected chi connectivity index (χ2v) is 6.37. The van der Waals surface area contributed by atoms with Crippen LogP contribution < -0.4 is 16.4 Å². The number of unbranched alkanes of at least 4 members (excludes halogenated alkanes) is 2. The molecule has 0 fully saturated rings. The molecule has 6 nitrogen and oxygen atoms in total. The maximum absolute atomic E-state index is 5.68. The summed E-state index contributed by atoms with van der Waals surface area (Å²) in [5.41, 5.74) is 10.8. The van der Waals surface area contributed by atoms with Gasteiger partial charge in [0.2, 0.25) is 0 Å². The van der Waals surface area contributed by atoms with E-state index in [0.29, 0.717) is 6.61 Å². The fourth-order valence-electron chi connectivity index (χ4n) is 2.78. The molecule has 0 aliphatic rings. The molecule has 27 heavy (non-hydrogen) atoms. The zero-order valence-electron chi connectivity index (χ0n) is 16.5. The summed E-state index contributed by atoms with van der Waals surface area (Å²) >= 11 is 0. The zero-order chi connectivity index (χ0) is 19.3. The minimum Gasteiger partial charge on any atom is -0.388 e. The van der Waals surface area contributed by atoms with Gasteiger partial charge >= 0.3 is 0 Å². The van der Waals surface area contributed by atoms with Crippen LogP contribution in [0.15, 0.2) is 35.2 Å². The van der Waals surface area contributed by atoms with Gasteiger partial charge in [-0.05, 0) is 43.5 Å². The maximum Gasteiger partial charge on any atom is 0.131 e. The lowest BCUT2D eigenvalue weighted by Crippen LogP contribution is -2.12. The summed E-state index contributed by atoms with van der Waals surface area (Å²) in [7, 11) is 1.94. The molecule has 0 aliphatic carbocycles. The lowest BCUT2D eigenvalue weighted by atomic mass is 10.0. The van der Waals surface area contributed by atoms with Crippen molar-refractivity contribution in [3.63, 3.8) is 0 Å². The van der Waals surface area contributed by atoms with E-state index in [1.54, 1.807) is 12.5 Å². The largest absolute Gasteiger partial charge is 0.388 e. The van der Waals surface area contributed by atoms with E-state index < -0.39 is 0 Å². The van der Waals surface area contributed by atoms with Crippen LogP contribution in [0.5, 0.6) is 0 Å². The standard InChI is InChI=1S/C21H32N4O2/c1-3-4-5-8-19-20(23-2)13-17(18-15-25-27-16-18)14-21(19)24-10-12-26-11-7-6-9-22/h5,8,13-16,23-24H,3-4,6-7,9-12,22H2,1-2H3/b8-5+. The zero-order valence-corrected chi connectivity index (χ0v) is 16.5. The summed E-state index contributed by atoms with van der Waals surface area (Å²) in [6, 6.07) is 4.25. The molecule has 2 aromatic rings. The van der Waals surface area contributed by atoms with Crippen molar-refractivity contribution in [2.45, 2.75) is 32.6 Å². The summed E-state index contributed by atoms with van der Waals surface area (Å²) < 4.78 is 10.7. The van der Waals surface area contributed by atoms with Crippen LogP contribution >= 0.6 is 0 Å². The van der Waals surface area contributed by atoms with Crippen molar-refractivity contribution in [1.82, 2.24) is 5.16 Å².